The standard InChI is InChI=1S/C14H22Cl2N2/c1-3-10(4-2)7-13(18-17)8-11-5-6-12(15)9-14(11)16/h5-6,9-10,13,18H,3-4,7-8,17H2,1-2H3. The Bertz CT molecular complexity index is 365. The van der Waals surface area contributed by atoms with Gasteiger partial charge in [-0.3, -0.25) is 11.3 Å². The summed E-state index contributed by atoms with van der Waals surface area (Å²) < 4.78 is 0. The zero-order valence-electron chi connectivity index (χ0n) is 11.0. The van der Waals surface area contributed by atoms with Gasteiger partial charge in [0.15, 0.2) is 0 Å². The smallest absolute Gasteiger partial charge is 0.0453 e. The first-order valence-corrected chi connectivity index (χ1v) is 7.26. The third-order valence-corrected chi connectivity index (χ3v) is 4.08. The van der Waals surface area contributed by atoms with E-state index in [9.17, 15) is 0 Å². The zero-order chi connectivity index (χ0) is 13.5. The van der Waals surface area contributed by atoms with Gasteiger partial charge in [-0.15, -0.1) is 0 Å². The summed E-state index contributed by atoms with van der Waals surface area (Å²) in [4.78, 5) is 0. The second kappa shape index (κ2) is 8.00. The van der Waals surface area contributed by atoms with E-state index < -0.39 is 0 Å². The molecule has 1 atom stereocenters. The van der Waals surface area contributed by atoms with Gasteiger partial charge in [0, 0.05) is 16.1 Å². The minimum Gasteiger partial charge on any atom is -0.271 e. The molecule has 0 spiro atoms. The van der Waals surface area contributed by atoms with Crippen LogP contribution in [0.25, 0.3) is 0 Å². The molecule has 1 aromatic rings. The highest BCUT2D eigenvalue weighted by Crippen LogP contribution is 2.24. The molecule has 0 saturated heterocycles. The fourth-order valence-electron chi connectivity index (χ4n) is 2.19. The van der Waals surface area contributed by atoms with Crippen LogP contribution in [0.4, 0.5) is 0 Å². The Morgan fingerprint density at radius 2 is 1.89 bits per heavy atom. The van der Waals surface area contributed by atoms with Crippen molar-refractivity contribution in [1.29, 1.82) is 0 Å². The summed E-state index contributed by atoms with van der Waals surface area (Å²) in [6.07, 6.45) is 4.28. The van der Waals surface area contributed by atoms with Crippen molar-refractivity contribution >= 4 is 23.2 Å². The third-order valence-electron chi connectivity index (χ3n) is 3.49. The summed E-state index contributed by atoms with van der Waals surface area (Å²) in [6.45, 7) is 4.44. The highest BCUT2D eigenvalue weighted by Gasteiger charge is 2.15. The van der Waals surface area contributed by atoms with Gasteiger partial charge < -0.3 is 0 Å². The molecule has 0 aliphatic carbocycles. The van der Waals surface area contributed by atoms with Crippen molar-refractivity contribution in [3.05, 3.63) is 33.8 Å². The summed E-state index contributed by atoms with van der Waals surface area (Å²) in [6, 6.07) is 5.88. The predicted molar refractivity (Wildman–Crippen MR) is 80.0 cm³/mol. The number of hydrogen-bond donors (Lipinski definition) is 2. The molecule has 0 heterocycles. The van der Waals surface area contributed by atoms with Gasteiger partial charge in [-0.25, -0.2) is 0 Å². The number of hydrogen-bond acceptors (Lipinski definition) is 2. The molecule has 1 rings (SSSR count). The number of benzene rings is 1. The van der Waals surface area contributed by atoms with E-state index in [2.05, 4.69) is 19.3 Å². The van der Waals surface area contributed by atoms with Crippen LogP contribution >= 0.6 is 23.2 Å². The SMILES string of the molecule is CCC(CC)CC(Cc1ccc(Cl)cc1Cl)NN. The molecule has 1 aromatic carbocycles. The van der Waals surface area contributed by atoms with Crippen molar-refractivity contribution in [2.75, 3.05) is 0 Å². The highest BCUT2D eigenvalue weighted by atomic mass is 35.5. The second-order valence-corrected chi connectivity index (χ2v) is 5.57. The summed E-state index contributed by atoms with van der Waals surface area (Å²) in [5.41, 5.74) is 3.99. The summed E-state index contributed by atoms with van der Waals surface area (Å²) >= 11 is 12.1. The second-order valence-electron chi connectivity index (χ2n) is 4.72. The minimum absolute atomic E-state index is 0.258. The van der Waals surface area contributed by atoms with Crippen molar-refractivity contribution in [2.45, 2.75) is 45.6 Å². The maximum atomic E-state index is 6.18. The van der Waals surface area contributed by atoms with Crippen LogP contribution in [0.1, 0.15) is 38.7 Å². The van der Waals surface area contributed by atoms with E-state index in [-0.39, 0.29) is 6.04 Å². The van der Waals surface area contributed by atoms with Crippen LogP contribution in [0.15, 0.2) is 18.2 Å². The molecular formula is C14H22Cl2N2. The monoisotopic (exact) mass is 288 g/mol. The number of nitrogens with two attached hydrogens (primary N) is 1. The van der Waals surface area contributed by atoms with E-state index in [1.165, 1.54) is 12.8 Å². The molecule has 0 aliphatic heterocycles. The summed E-state index contributed by atoms with van der Waals surface area (Å²) in [7, 11) is 0. The van der Waals surface area contributed by atoms with Crippen molar-refractivity contribution in [3.63, 3.8) is 0 Å². The average Bonchev–Trinajstić information content (AvgIpc) is 2.37. The molecule has 0 aliphatic rings. The van der Waals surface area contributed by atoms with Gasteiger partial charge in [0.1, 0.15) is 0 Å². The number of halogens is 2. The van der Waals surface area contributed by atoms with Crippen LogP contribution in [0.2, 0.25) is 10.0 Å². The molecule has 2 nitrogen and oxygen atoms in total. The quantitative estimate of drug-likeness (QED) is 0.583. The molecule has 18 heavy (non-hydrogen) atoms. The number of nitrogens with one attached hydrogen (secondary N) is 1. The summed E-state index contributed by atoms with van der Waals surface area (Å²) in [5.74, 6) is 6.34. The first-order valence-electron chi connectivity index (χ1n) is 6.50. The lowest BCUT2D eigenvalue weighted by atomic mass is 9.92. The average molecular weight is 289 g/mol. The van der Waals surface area contributed by atoms with E-state index in [1.807, 2.05) is 12.1 Å². The van der Waals surface area contributed by atoms with Crippen LogP contribution in [-0.4, -0.2) is 6.04 Å². The Labute approximate surface area is 120 Å². The maximum Gasteiger partial charge on any atom is 0.0453 e. The Kier molecular flexibility index (Phi) is 7.02. The largest absolute Gasteiger partial charge is 0.271 e. The Morgan fingerprint density at radius 3 is 2.39 bits per heavy atom. The highest BCUT2D eigenvalue weighted by molar-refractivity contribution is 6.35. The fourth-order valence-corrected chi connectivity index (χ4v) is 2.67. The van der Waals surface area contributed by atoms with E-state index >= 15 is 0 Å². The molecule has 0 bridgehead atoms. The first-order chi connectivity index (χ1) is 8.60. The van der Waals surface area contributed by atoms with Crippen molar-refractivity contribution in [1.82, 2.24) is 5.43 Å². The van der Waals surface area contributed by atoms with E-state index in [4.69, 9.17) is 29.0 Å². The lowest BCUT2D eigenvalue weighted by Crippen LogP contribution is -2.38. The lowest BCUT2D eigenvalue weighted by molar-refractivity contribution is 0.367. The van der Waals surface area contributed by atoms with Gasteiger partial charge in [-0.05, 0) is 36.5 Å². The van der Waals surface area contributed by atoms with Crippen LogP contribution < -0.4 is 11.3 Å². The van der Waals surface area contributed by atoms with E-state index in [0.29, 0.717) is 16.0 Å². The van der Waals surface area contributed by atoms with Crippen LogP contribution in [0.5, 0.6) is 0 Å². The number of rotatable bonds is 7. The van der Waals surface area contributed by atoms with Crippen LogP contribution in [0.3, 0.4) is 0 Å². The molecule has 0 saturated carbocycles. The van der Waals surface area contributed by atoms with Crippen LogP contribution in [-0.2, 0) is 6.42 Å². The molecule has 0 aromatic heterocycles. The Hall–Kier alpha value is -0.280. The molecule has 0 fully saturated rings. The van der Waals surface area contributed by atoms with Crippen molar-refractivity contribution < 1.29 is 0 Å². The van der Waals surface area contributed by atoms with Gasteiger partial charge in [0.2, 0.25) is 0 Å². The van der Waals surface area contributed by atoms with E-state index in [1.54, 1.807) is 6.07 Å². The first kappa shape index (κ1) is 15.8. The lowest BCUT2D eigenvalue weighted by Gasteiger charge is -2.21. The van der Waals surface area contributed by atoms with E-state index in [0.717, 1.165) is 18.4 Å². The van der Waals surface area contributed by atoms with Gasteiger partial charge in [-0.2, -0.15) is 0 Å². The molecule has 1 unspecified atom stereocenters. The van der Waals surface area contributed by atoms with Crippen molar-refractivity contribution in [2.24, 2.45) is 11.8 Å². The predicted octanol–water partition coefficient (Wildman–Crippen LogP) is 4.19. The Morgan fingerprint density at radius 1 is 1.22 bits per heavy atom. The normalized spacial score (nSPS) is 13.0. The zero-order valence-corrected chi connectivity index (χ0v) is 12.6. The fraction of sp³-hybridized carbons (Fsp3) is 0.571. The Balaban J connectivity index is 2.67. The topological polar surface area (TPSA) is 38.0 Å². The molecule has 0 radical (unpaired) electrons. The molecule has 3 N–H and O–H groups in total. The van der Waals surface area contributed by atoms with Gasteiger partial charge in [0.05, 0.1) is 0 Å². The third kappa shape index (κ3) is 4.77. The maximum absolute atomic E-state index is 6.18. The van der Waals surface area contributed by atoms with Crippen molar-refractivity contribution in [3.8, 4) is 0 Å². The molecule has 0 amide bonds. The number of hydrazine groups is 1. The van der Waals surface area contributed by atoms with Crippen LogP contribution in [0, 0.1) is 5.92 Å². The molecule has 4 heteroatoms. The molecular weight excluding hydrogens is 267 g/mol. The molecule has 102 valence electrons. The summed E-state index contributed by atoms with van der Waals surface area (Å²) in [5, 5.41) is 1.38. The van der Waals surface area contributed by atoms with Gasteiger partial charge in [0.25, 0.3) is 0 Å². The van der Waals surface area contributed by atoms with Gasteiger partial charge in [-0.1, -0.05) is 56.0 Å². The van der Waals surface area contributed by atoms with Gasteiger partial charge >= 0.3 is 0 Å². The minimum atomic E-state index is 0.258.